The van der Waals surface area contributed by atoms with E-state index in [1.807, 2.05) is 0 Å². The summed E-state index contributed by atoms with van der Waals surface area (Å²) in [5, 5.41) is 11.6. The first kappa shape index (κ1) is 15.4. The highest BCUT2D eigenvalue weighted by Crippen LogP contribution is 2.58. The fraction of sp³-hybridized carbons (Fsp3) is 0.571. The van der Waals surface area contributed by atoms with E-state index in [-0.39, 0.29) is 28.3 Å². The summed E-state index contributed by atoms with van der Waals surface area (Å²) in [5.41, 5.74) is -0.130. The van der Waals surface area contributed by atoms with Crippen molar-refractivity contribution < 1.29 is 9.66 Å². The van der Waals surface area contributed by atoms with Crippen LogP contribution in [0.5, 0.6) is 5.75 Å². The van der Waals surface area contributed by atoms with Crippen LogP contribution in [-0.2, 0) is 0 Å². The lowest BCUT2D eigenvalue weighted by Crippen LogP contribution is -2.55. The maximum atomic E-state index is 11.2. The molecule has 2 aliphatic rings. The van der Waals surface area contributed by atoms with E-state index >= 15 is 0 Å². The minimum absolute atomic E-state index is 0.0193. The zero-order valence-electron chi connectivity index (χ0n) is 11.2. The van der Waals surface area contributed by atoms with Gasteiger partial charge in [0.15, 0.2) is 0 Å². The zero-order valence-corrected chi connectivity index (χ0v) is 14.2. The van der Waals surface area contributed by atoms with Gasteiger partial charge in [0.1, 0.15) is 6.10 Å². The molecule has 2 saturated carbocycles. The van der Waals surface area contributed by atoms with Gasteiger partial charge in [-0.15, -0.1) is 11.6 Å². The van der Waals surface area contributed by atoms with Gasteiger partial charge in [-0.3, -0.25) is 10.1 Å². The molecule has 7 heteroatoms. The zero-order chi connectivity index (χ0) is 15.2. The van der Waals surface area contributed by atoms with Crippen molar-refractivity contribution in [2.75, 3.05) is 0 Å². The Morgan fingerprint density at radius 3 is 2.62 bits per heavy atom. The lowest BCUT2D eigenvalue weighted by molar-refractivity contribution is -0.386. The topological polar surface area (TPSA) is 52.4 Å². The normalized spacial score (nSPS) is 26.6. The molecule has 1 aromatic carbocycles. The van der Waals surface area contributed by atoms with Gasteiger partial charge < -0.3 is 4.74 Å². The second-order valence-electron chi connectivity index (χ2n) is 5.74. The van der Waals surface area contributed by atoms with Crippen molar-refractivity contribution >= 4 is 44.8 Å². The van der Waals surface area contributed by atoms with Crippen molar-refractivity contribution in [1.29, 1.82) is 0 Å². The molecule has 4 nitrogen and oxygen atoms in total. The van der Waals surface area contributed by atoms with Gasteiger partial charge in [-0.05, 0) is 34.8 Å². The van der Waals surface area contributed by atoms with Crippen LogP contribution in [0.15, 0.2) is 16.6 Å². The Morgan fingerprint density at radius 2 is 2.05 bits per heavy atom. The van der Waals surface area contributed by atoms with E-state index in [4.69, 9.17) is 27.9 Å². The summed E-state index contributed by atoms with van der Waals surface area (Å²) in [5.74, 6) is 0.254. The third kappa shape index (κ3) is 2.53. The summed E-state index contributed by atoms with van der Waals surface area (Å²) in [6, 6.07) is 2.93. The van der Waals surface area contributed by atoms with Gasteiger partial charge in [0.05, 0.1) is 9.40 Å². The van der Waals surface area contributed by atoms with Gasteiger partial charge in [-0.2, -0.15) is 0 Å². The molecule has 0 bridgehead atoms. The molecular weight excluding hydrogens is 381 g/mol. The monoisotopic (exact) mass is 393 g/mol. The summed E-state index contributed by atoms with van der Waals surface area (Å²) in [6.07, 6.45) is 5.03. The van der Waals surface area contributed by atoms with Gasteiger partial charge >= 0.3 is 5.69 Å². The summed E-state index contributed by atoms with van der Waals surface area (Å²) in [7, 11) is 0. The molecule has 2 fully saturated rings. The first-order chi connectivity index (χ1) is 9.94. The number of rotatable bonds is 3. The van der Waals surface area contributed by atoms with Gasteiger partial charge in [0, 0.05) is 28.3 Å². The highest BCUT2D eigenvalue weighted by molar-refractivity contribution is 9.10. The third-order valence-electron chi connectivity index (χ3n) is 4.67. The third-order valence-corrected chi connectivity index (χ3v) is 6.09. The van der Waals surface area contributed by atoms with Crippen molar-refractivity contribution in [3.05, 3.63) is 31.7 Å². The van der Waals surface area contributed by atoms with E-state index in [1.165, 1.54) is 6.07 Å². The number of hydrogen-bond donors (Lipinski definition) is 0. The molecule has 0 aromatic heterocycles. The highest BCUT2D eigenvalue weighted by Gasteiger charge is 2.57. The molecule has 0 heterocycles. The number of nitro benzene ring substituents is 1. The predicted octanol–water partition coefficient (Wildman–Crippen LogP) is 5.33. The Hall–Kier alpha value is -0.520. The van der Waals surface area contributed by atoms with E-state index in [0.29, 0.717) is 9.50 Å². The number of nitrogens with zero attached hydrogens (tertiary/aromatic N) is 1. The molecule has 0 saturated heterocycles. The van der Waals surface area contributed by atoms with Crippen LogP contribution in [0.1, 0.15) is 32.1 Å². The molecule has 2 atom stereocenters. The molecule has 1 spiro atoms. The number of alkyl halides is 1. The summed E-state index contributed by atoms with van der Waals surface area (Å²) in [6.45, 7) is 0. The highest BCUT2D eigenvalue weighted by atomic mass is 79.9. The SMILES string of the molecule is O=[N+]([O-])c1cc(Cl)cc(Br)c1OC1CC(Cl)C12CCCC2. The van der Waals surface area contributed by atoms with Crippen molar-refractivity contribution in [2.24, 2.45) is 5.41 Å². The molecule has 0 radical (unpaired) electrons. The summed E-state index contributed by atoms with van der Waals surface area (Å²) in [4.78, 5) is 10.7. The van der Waals surface area contributed by atoms with Crippen LogP contribution in [0, 0.1) is 15.5 Å². The predicted molar refractivity (Wildman–Crippen MR) is 85.4 cm³/mol. The minimum atomic E-state index is -0.468. The molecule has 3 rings (SSSR count). The maximum absolute atomic E-state index is 11.2. The first-order valence-electron chi connectivity index (χ1n) is 6.88. The maximum Gasteiger partial charge on any atom is 0.313 e. The fourth-order valence-corrected chi connectivity index (χ4v) is 4.88. The second kappa shape index (κ2) is 5.60. The molecule has 0 N–H and O–H groups in total. The van der Waals surface area contributed by atoms with Crippen LogP contribution in [0.25, 0.3) is 0 Å². The van der Waals surface area contributed by atoms with Crippen LogP contribution >= 0.6 is 39.1 Å². The quantitative estimate of drug-likeness (QED) is 0.395. The molecule has 2 unspecified atom stereocenters. The Balaban J connectivity index is 1.90. The molecule has 21 heavy (non-hydrogen) atoms. The average molecular weight is 395 g/mol. The van der Waals surface area contributed by atoms with Crippen molar-refractivity contribution in [1.82, 2.24) is 0 Å². The van der Waals surface area contributed by atoms with Crippen LogP contribution in [0.2, 0.25) is 5.02 Å². The molecule has 2 aliphatic carbocycles. The van der Waals surface area contributed by atoms with E-state index in [2.05, 4.69) is 15.9 Å². The first-order valence-corrected chi connectivity index (χ1v) is 8.49. The Kier molecular flexibility index (Phi) is 4.10. The van der Waals surface area contributed by atoms with Gasteiger partial charge in [-0.1, -0.05) is 24.4 Å². The van der Waals surface area contributed by atoms with Gasteiger partial charge in [-0.25, -0.2) is 0 Å². The van der Waals surface area contributed by atoms with Crippen LogP contribution in [-0.4, -0.2) is 16.4 Å². The number of halogens is 3. The van der Waals surface area contributed by atoms with E-state index in [0.717, 1.165) is 32.1 Å². The molecule has 114 valence electrons. The lowest BCUT2D eigenvalue weighted by Gasteiger charge is -2.50. The van der Waals surface area contributed by atoms with E-state index in [1.54, 1.807) is 6.07 Å². The Bertz CT molecular complexity index is 590. The number of nitro groups is 1. The van der Waals surface area contributed by atoms with Crippen molar-refractivity contribution in [3.8, 4) is 5.75 Å². The van der Waals surface area contributed by atoms with Crippen LogP contribution < -0.4 is 4.74 Å². The van der Waals surface area contributed by atoms with Crippen LogP contribution in [0.3, 0.4) is 0 Å². The standard InChI is InChI=1S/C14H14BrCl2NO3/c15-9-5-8(16)6-10(18(19)20)13(9)21-12-7-11(17)14(12)3-1-2-4-14/h5-6,11-12H,1-4,7H2. The molecule has 1 aromatic rings. The lowest BCUT2D eigenvalue weighted by atomic mass is 9.64. The van der Waals surface area contributed by atoms with E-state index in [9.17, 15) is 10.1 Å². The second-order valence-corrected chi connectivity index (χ2v) is 7.56. The summed E-state index contributed by atoms with van der Waals surface area (Å²) < 4.78 is 6.51. The molecular formula is C14H14BrCl2NO3. The Labute approximate surface area is 141 Å². The molecule has 0 aliphatic heterocycles. The minimum Gasteiger partial charge on any atom is -0.482 e. The number of benzene rings is 1. The fourth-order valence-electron chi connectivity index (χ4n) is 3.47. The Morgan fingerprint density at radius 1 is 1.38 bits per heavy atom. The van der Waals surface area contributed by atoms with Crippen molar-refractivity contribution in [3.63, 3.8) is 0 Å². The smallest absolute Gasteiger partial charge is 0.313 e. The van der Waals surface area contributed by atoms with Crippen LogP contribution in [0.4, 0.5) is 5.69 Å². The number of ether oxygens (including phenoxy) is 1. The number of hydrogen-bond acceptors (Lipinski definition) is 3. The van der Waals surface area contributed by atoms with Crippen molar-refractivity contribution in [2.45, 2.75) is 43.6 Å². The average Bonchev–Trinajstić information content (AvgIpc) is 2.92. The van der Waals surface area contributed by atoms with E-state index < -0.39 is 4.92 Å². The largest absolute Gasteiger partial charge is 0.482 e. The summed E-state index contributed by atoms with van der Waals surface area (Å²) >= 11 is 15.6. The van der Waals surface area contributed by atoms with Gasteiger partial charge in [0.2, 0.25) is 5.75 Å². The molecule has 0 amide bonds. The van der Waals surface area contributed by atoms with Gasteiger partial charge in [0.25, 0.3) is 0 Å².